The molecule has 98 valence electrons. The Morgan fingerprint density at radius 1 is 1.28 bits per heavy atom. The molecule has 2 rings (SSSR count). The van der Waals surface area contributed by atoms with Crippen molar-refractivity contribution < 1.29 is 4.79 Å². The molecule has 1 aromatic carbocycles. The lowest BCUT2D eigenvalue weighted by Crippen LogP contribution is -2.39. The molecule has 0 aliphatic carbocycles. The van der Waals surface area contributed by atoms with E-state index in [4.69, 9.17) is 0 Å². The molecule has 1 amide bonds. The Balaban J connectivity index is 1.72. The second-order valence-electron chi connectivity index (χ2n) is 4.26. The van der Waals surface area contributed by atoms with Crippen LogP contribution in [0.25, 0.3) is 0 Å². The molecule has 1 aliphatic heterocycles. The van der Waals surface area contributed by atoms with E-state index >= 15 is 0 Å². The van der Waals surface area contributed by atoms with Gasteiger partial charge in [-0.3, -0.25) is 9.69 Å². The van der Waals surface area contributed by atoms with Crippen LogP contribution >= 0.6 is 24.4 Å². The van der Waals surface area contributed by atoms with Gasteiger partial charge in [0, 0.05) is 48.1 Å². The fourth-order valence-corrected chi connectivity index (χ4v) is 2.99. The molecule has 0 radical (unpaired) electrons. The van der Waals surface area contributed by atoms with Crippen molar-refractivity contribution >= 4 is 30.3 Å². The number of nitrogens with zero attached hydrogens (tertiary/aromatic N) is 1. The van der Waals surface area contributed by atoms with Gasteiger partial charge in [-0.25, -0.2) is 0 Å². The molecule has 3 nitrogen and oxygen atoms in total. The average Bonchev–Trinajstić information content (AvgIpc) is 2.40. The van der Waals surface area contributed by atoms with Crippen LogP contribution in [-0.4, -0.2) is 48.5 Å². The summed E-state index contributed by atoms with van der Waals surface area (Å²) < 4.78 is 0. The number of hydrogen-bond donors (Lipinski definition) is 2. The van der Waals surface area contributed by atoms with Crippen molar-refractivity contribution in [3.05, 3.63) is 29.8 Å². The Morgan fingerprint density at radius 2 is 1.94 bits per heavy atom. The van der Waals surface area contributed by atoms with E-state index in [0.717, 1.165) is 24.5 Å². The van der Waals surface area contributed by atoms with Crippen molar-refractivity contribution in [2.45, 2.75) is 4.90 Å². The van der Waals surface area contributed by atoms with Crippen LogP contribution in [0.15, 0.2) is 29.2 Å². The summed E-state index contributed by atoms with van der Waals surface area (Å²) >= 11 is 6.20. The first-order valence-electron chi connectivity index (χ1n) is 6.13. The van der Waals surface area contributed by atoms with Crippen LogP contribution in [0, 0.1) is 0 Å². The smallest absolute Gasteiger partial charge is 0.251 e. The first-order chi connectivity index (χ1) is 8.75. The minimum Gasteiger partial charge on any atom is -0.351 e. The van der Waals surface area contributed by atoms with E-state index in [9.17, 15) is 4.79 Å². The summed E-state index contributed by atoms with van der Waals surface area (Å²) in [6.45, 7) is 3.92. The zero-order valence-corrected chi connectivity index (χ0v) is 12.0. The number of nitrogens with one attached hydrogen (secondary N) is 1. The first kappa shape index (κ1) is 13.8. The third kappa shape index (κ3) is 4.23. The minimum atomic E-state index is -0.00489. The molecule has 1 aromatic rings. The Morgan fingerprint density at radius 3 is 2.61 bits per heavy atom. The van der Waals surface area contributed by atoms with Gasteiger partial charge >= 0.3 is 0 Å². The number of hydrogen-bond acceptors (Lipinski definition) is 4. The molecule has 1 N–H and O–H groups in total. The van der Waals surface area contributed by atoms with Crippen LogP contribution in [-0.2, 0) is 0 Å². The summed E-state index contributed by atoms with van der Waals surface area (Å²) in [6.07, 6.45) is 0. The topological polar surface area (TPSA) is 32.3 Å². The lowest BCUT2D eigenvalue weighted by molar-refractivity contribution is 0.0949. The SMILES string of the molecule is O=C(NCCN1CCSCC1)c1ccc(S)cc1. The van der Waals surface area contributed by atoms with Crippen LogP contribution in [0.3, 0.4) is 0 Å². The average molecular weight is 282 g/mol. The van der Waals surface area contributed by atoms with Gasteiger partial charge < -0.3 is 5.32 Å². The summed E-state index contributed by atoms with van der Waals surface area (Å²) in [5.74, 6) is 2.41. The molecular weight excluding hydrogens is 264 g/mol. The molecule has 0 spiro atoms. The standard InChI is InChI=1S/C13H18N2OS2/c16-13(11-1-3-12(17)4-2-11)14-5-6-15-7-9-18-10-8-15/h1-4,17H,5-10H2,(H,14,16). The number of carbonyl (C=O) groups is 1. The lowest BCUT2D eigenvalue weighted by atomic mass is 10.2. The molecule has 0 atom stereocenters. The maximum atomic E-state index is 11.8. The Bertz CT molecular complexity index is 388. The highest BCUT2D eigenvalue weighted by molar-refractivity contribution is 7.99. The van der Waals surface area contributed by atoms with Crippen molar-refractivity contribution in [2.24, 2.45) is 0 Å². The molecule has 0 bridgehead atoms. The van der Waals surface area contributed by atoms with Crippen molar-refractivity contribution in [1.29, 1.82) is 0 Å². The molecule has 0 unspecified atom stereocenters. The Kier molecular flexibility index (Phi) is 5.41. The zero-order chi connectivity index (χ0) is 12.8. The quantitative estimate of drug-likeness (QED) is 0.825. The van der Waals surface area contributed by atoms with Gasteiger partial charge in [0.05, 0.1) is 0 Å². The number of thioether (sulfide) groups is 1. The number of benzene rings is 1. The minimum absolute atomic E-state index is 0.00489. The monoisotopic (exact) mass is 282 g/mol. The van der Waals surface area contributed by atoms with Crippen molar-refractivity contribution in [1.82, 2.24) is 10.2 Å². The van der Waals surface area contributed by atoms with Gasteiger partial charge in [0.25, 0.3) is 5.91 Å². The van der Waals surface area contributed by atoms with E-state index in [1.165, 1.54) is 11.5 Å². The van der Waals surface area contributed by atoms with E-state index in [2.05, 4.69) is 22.8 Å². The van der Waals surface area contributed by atoms with Gasteiger partial charge in [0.1, 0.15) is 0 Å². The summed E-state index contributed by atoms with van der Waals surface area (Å²) in [4.78, 5) is 15.1. The van der Waals surface area contributed by atoms with E-state index in [1.807, 2.05) is 23.9 Å². The largest absolute Gasteiger partial charge is 0.351 e. The lowest BCUT2D eigenvalue weighted by Gasteiger charge is -2.25. The van der Waals surface area contributed by atoms with Gasteiger partial charge in [0.2, 0.25) is 0 Å². The van der Waals surface area contributed by atoms with Crippen LogP contribution in [0.4, 0.5) is 0 Å². The molecular formula is C13H18N2OS2. The second kappa shape index (κ2) is 7.07. The first-order valence-corrected chi connectivity index (χ1v) is 7.73. The van der Waals surface area contributed by atoms with Crippen LogP contribution < -0.4 is 5.32 Å². The summed E-state index contributed by atoms with van der Waals surface area (Å²) in [7, 11) is 0. The van der Waals surface area contributed by atoms with E-state index in [-0.39, 0.29) is 5.91 Å². The van der Waals surface area contributed by atoms with Gasteiger partial charge in [0.15, 0.2) is 0 Å². The van der Waals surface area contributed by atoms with Crippen molar-refractivity contribution in [3.63, 3.8) is 0 Å². The normalized spacial score (nSPS) is 16.5. The molecule has 1 aliphatic rings. The third-order valence-corrected chi connectivity index (χ3v) is 4.19. The second-order valence-corrected chi connectivity index (χ2v) is 6.00. The number of amides is 1. The summed E-state index contributed by atoms with van der Waals surface area (Å²) in [6, 6.07) is 7.27. The summed E-state index contributed by atoms with van der Waals surface area (Å²) in [5.41, 5.74) is 0.696. The molecule has 1 heterocycles. The fourth-order valence-electron chi connectivity index (χ4n) is 1.87. The van der Waals surface area contributed by atoms with Crippen LogP contribution in [0.1, 0.15) is 10.4 Å². The van der Waals surface area contributed by atoms with Crippen LogP contribution in [0.2, 0.25) is 0 Å². The van der Waals surface area contributed by atoms with Crippen molar-refractivity contribution in [3.8, 4) is 0 Å². The highest BCUT2D eigenvalue weighted by Crippen LogP contribution is 2.09. The highest BCUT2D eigenvalue weighted by atomic mass is 32.2. The van der Waals surface area contributed by atoms with E-state index in [0.29, 0.717) is 12.1 Å². The molecule has 1 saturated heterocycles. The molecule has 0 saturated carbocycles. The van der Waals surface area contributed by atoms with Gasteiger partial charge in [-0.05, 0) is 24.3 Å². The molecule has 18 heavy (non-hydrogen) atoms. The van der Waals surface area contributed by atoms with Gasteiger partial charge in [-0.2, -0.15) is 11.8 Å². The maximum absolute atomic E-state index is 11.8. The number of carbonyl (C=O) groups excluding carboxylic acids is 1. The Hall–Kier alpha value is -0.650. The molecule has 5 heteroatoms. The van der Waals surface area contributed by atoms with E-state index < -0.39 is 0 Å². The maximum Gasteiger partial charge on any atom is 0.251 e. The predicted octanol–water partition coefficient (Wildman–Crippen LogP) is 1.75. The van der Waals surface area contributed by atoms with Gasteiger partial charge in [-0.1, -0.05) is 0 Å². The molecule has 1 fully saturated rings. The van der Waals surface area contributed by atoms with Gasteiger partial charge in [-0.15, -0.1) is 12.6 Å². The highest BCUT2D eigenvalue weighted by Gasteiger charge is 2.10. The fraction of sp³-hybridized carbons (Fsp3) is 0.462. The zero-order valence-electron chi connectivity index (χ0n) is 10.3. The third-order valence-electron chi connectivity index (χ3n) is 2.95. The number of rotatable bonds is 4. The van der Waals surface area contributed by atoms with Crippen LogP contribution in [0.5, 0.6) is 0 Å². The number of thiol groups is 1. The predicted molar refractivity (Wildman–Crippen MR) is 79.8 cm³/mol. The molecule has 0 aromatic heterocycles. The Labute approximate surface area is 118 Å². The van der Waals surface area contributed by atoms with Crippen molar-refractivity contribution in [2.75, 3.05) is 37.7 Å². The summed E-state index contributed by atoms with van der Waals surface area (Å²) in [5, 5.41) is 2.95. The van der Waals surface area contributed by atoms with E-state index in [1.54, 1.807) is 12.1 Å².